The second-order valence-corrected chi connectivity index (χ2v) is 8.21. The number of nitrogens with one attached hydrogen (secondary N) is 1. The lowest BCUT2D eigenvalue weighted by Gasteiger charge is -2.18. The second kappa shape index (κ2) is 8.44. The molecule has 1 aliphatic rings. The Morgan fingerprint density at radius 3 is 2.70 bits per heavy atom. The molecular weight excluding hydrogens is 378 g/mol. The molecule has 1 fully saturated rings. The molecule has 1 aromatic carbocycles. The number of methoxy groups -OCH3 is 1. The Labute approximate surface area is 176 Å². The van der Waals surface area contributed by atoms with E-state index in [9.17, 15) is 4.79 Å². The molecule has 3 heterocycles. The first-order valence-electron chi connectivity index (χ1n) is 10.4. The molecule has 1 aliphatic heterocycles. The van der Waals surface area contributed by atoms with E-state index in [1.165, 1.54) is 5.56 Å². The zero-order chi connectivity index (χ0) is 21.3. The summed E-state index contributed by atoms with van der Waals surface area (Å²) in [6, 6.07) is 10.1. The lowest BCUT2D eigenvalue weighted by Crippen LogP contribution is -2.21. The van der Waals surface area contributed by atoms with E-state index in [4.69, 9.17) is 4.74 Å². The molecular formula is C23H29N5O2. The van der Waals surface area contributed by atoms with Gasteiger partial charge in [0.25, 0.3) is 5.56 Å². The van der Waals surface area contributed by atoms with E-state index in [-0.39, 0.29) is 5.56 Å². The van der Waals surface area contributed by atoms with Crippen molar-refractivity contribution in [3.05, 3.63) is 74.7 Å². The van der Waals surface area contributed by atoms with E-state index in [0.717, 1.165) is 54.4 Å². The predicted octanol–water partition coefficient (Wildman–Crippen LogP) is 2.94. The van der Waals surface area contributed by atoms with Gasteiger partial charge < -0.3 is 9.72 Å². The SMILES string of the molecule is COc1ccc(CN2CCC(c3cc(=O)[nH]c(C)n3)C2)cc1Cn1nc(C)cc1C. The van der Waals surface area contributed by atoms with Crippen molar-refractivity contribution in [2.24, 2.45) is 0 Å². The van der Waals surface area contributed by atoms with Gasteiger partial charge in [-0.25, -0.2) is 4.98 Å². The van der Waals surface area contributed by atoms with Crippen molar-refractivity contribution in [1.82, 2.24) is 24.6 Å². The molecule has 2 aromatic heterocycles. The maximum absolute atomic E-state index is 11.8. The monoisotopic (exact) mass is 407 g/mol. The molecule has 0 amide bonds. The Morgan fingerprint density at radius 2 is 2.00 bits per heavy atom. The van der Waals surface area contributed by atoms with Crippen molar-refractivity contribution >= 4 is 0 Å². The zero-order valence-electron chi connectivity index (χ0n) is 18.1. The quantitative estimate of drug-likeness (QED) is 0.680. The largest absolute Gasteiger partial charge is 0.496 e. The summed E-state index contributed by atoms with van der Waals surface area (Å²) in [5.74, 6) is 1.87. The molecule has 1 saturated heterocycles. The summed E-state index contributed by atoms with van der Waals surface area (Å²) in [7, 11) is 1.71. The summed E-state index contributed by atoms with van der Waals surface area (Å²) < 4.78 is 7.61. The van der Waals surface area contributed by atoms with Crippen molar-refractivity contribution in [3.63, 3.8) is 0 Å². The molecule has 3 aromatic rings. The third-order valence-electron chi connectivity index (χ3n) is 5.74. The molecule has 1 atom stereocenters. The third kappa shape index (κ3) is 4.46. The van der Waals surface area contributed by atoms with Crippen LogP contribution in [-0.4, -0.2) is 44.8 Å². The van der Waals surface area contributed by atoms with Gasteiger partial charge in [0.1, 0.15) is 11.6 Å². The van der Waals surface area contributed by atoms with E-state index in [0.29, 0.717) is 18.3 Å². The van der Waals surface area contributed by atoms with Crippen molar-refractivity contribution in [3.8, 4) is 5.75 Å². The van der Waals surface area contributed by atoms with Gasteiger partial charge in [0.2, 0.25) is 0 Å². The topological polar surface area (TPSA) is 76.0 Å². The average molecular weight is 408 g/mol. The fourth-order valence-electron chi connectivity index (χ4n) is 4.34. The highest BCUT2D eigenvalue weighted by Gasteiger charge is 2.25. The number of rotatable bonds is 6. The highest BCUT2D eigenvalue weighted by molar-refractivity contribution is 5.38. The molecule has 1 N–H and O–H groups in total. The minimum absolute atomic E-state index is 0.0695. The fourth-order valence-corrected chi connectivity index (χ4v) is 4.34. The Kier molecular flexibility index (Phi) is 5.72. The summed E-state index contributed by atoms with van der Waals surface area (Å²) in [6.07, 6.45) is 1.02. The van der Waals surface area contributed by atoms with Crippen LogP contribution in [0.25, 0.3) is 0 Å². The molecule has 1 unspecified atom stereocenters. The van der Waals surface area contributed by atoms with Crippen LogP contribution in [0.1, 0.15) is 46.4 Å². The molecule has 0 spiro atoms. The van der Waals surface area contributed by atoms with Gasteiger partial charge in [-0.05, 0) is 57.5 Å². The van der Waals surface area contributed by atoms with E-state index >= 15 is 0 Å². The van der Waals surface area contributed by atoms with Crippen LogP contribution in [0, 0.1) is 20.8 Å². The maximum Gasteiger partial charge on any atom is 0.251 e. The van der Waals surface area contributed by atoms with Gasteiger partial charge in [-0.15, -0.1) is 0 Å². The van der Waals surface area contributed by atoms with Gasteiger partial charge in [-0.1, -0.05) is 6.07 Å². The number of nitrogens with zero attached hydrogens (tertiary/aromatic N) is 4. The van der Waals surface area contributed by atoms with Gasteiger partial charge in [-0.3, -0.25) is 14.4 Å². The standard InChI is InChI=1S/C23H29N5O2/c1-15-9-16(2)28(26-15)14-20-10-18(5-6-22(20)30-4)12-27-8-7-19(13-27)21-11-23(29)25-17(3)24-21/h5-6,9-11,19H,7-8,12-14H2,1-4H3,(H,24,25,29). The maximum atomic E-state index is 11.8. The van der Waals surface area contributed by atoms with Crippen LogP contribution >= 0.6 is 0 Å². The first-order valence-corrected chi connectivity index (χ1v) is 10.4. The van der Waals surface area contributed by atoms with Crippen molar-refractivity contribution in [2.45, 2.75) is 46.2 Å². The summed E-state index contributed by atoms with van der Waals surface area (Å²) in [4.78, 5) is 21.5. The number of ether oxygens (including phenoxy) is 1. The fraction of sp³-hybridized carbons (Fsp3) is 0.435. The highest BCUT2D eigenvalue weighted by Crippen LogP contribution is 2.28. The number of H-pyrrole nitrogens is 1. The molecule has 0 bridgehead atoms. The molecule has 0 radical (unpaired) electrons. The van der Waals surface area contributed by atoms with E-state index in [1.54, 1.807) is 13.2 Å². The predicted molar refractivity (Wildman–Crippen MR) is 116 cm³/mol. The summed E-state index contributed by atoms with van der Waals surface area (Å²) in [5.41, 5.74) is 5.38. The van der Waals surface area contributed by atoms with Crippen LogP contribution < -0.4 is 10.3 Å². The van der Waals surface area contributed by atoms with E-state index in [1.807, 2.05) is 24.6 Å². The Balaban J connectivity index is 1.48. The number of aromatic amines is 1. The first kappa shape index (κ1) is 20.3. The molecule has 158 valence electrons. The van der Waals surface area contributed by atoms with Gasteiger partial charge >= 0.3 is 0 Å². The summed E-state index contributed by atoms with van der Waals surface area (Å²) in [5, 5.41) is 4.59. The molecule has 0 aliphatic carbocycles. The van der Waals surface area contributed by atoms with Crippen molar-refractivity contribution in [1.29, 1.82) is 0 Å². The Morgan fingerprint density at radius 1 is 1.17 bits per heavy atom. The van der Waals surface area contributed by atoms with E-state index in [2.05, 4.69) is 45.1 Å². The molecule has 4 rings (SSSR count). The molecule has 30 heavy (non-hydrogen) atoms. The normalized spacial score (nSPS) is 16.9. The number of benzene rings is 1. The second-order valence-electron chi connectivity index (χ2n) is 8.21. The van der Waals surface area contributed by atoms with Crippen LogP contribution in [0.3, 0.4) is 0 Å². The number of aryl methyl sites for hydroxylation is 3. The summed E-state index contributed by atoms with van der Waals surface area (Å²) in [6.45, 7) is 9.39. The number of hydrogen-bond acceptors (Lipinski definition) is 5. The lowest BCUT2D eigenvalue weighted by atomic mass is 10.0. The van der Waals surface area contributed by atoms with Gasteiger partial charge in [0.05, 0.1) is 25.0 Å². The van der Waals surface area contributed by atoms with Crippen LogP contribution in [0.15, 0.2) is 35.1 Å². The van der Waals surface area contributed by atoms with E-state index < -0.39 is 0 Å². The number of aromatic nitrogens is 4. The minimum atomic E-state index is -0.0695. The van der Waals surface area contributed by atoms with Gasteiger partial charge in [-0.2, -0.15) is 5.10 Å². The van der Waals surface area contributed by atoms with Crippen molar-refractivity contribution < 1.29 is 4.74 Å². The Hall–Kier alpha value is -2.93. The zero-order valence-corrected chi connectivity index (χ0v) is 18.1. The van der Waals surface area contributed by atoms with Crippen LogP contribution in [0.4, 0.5) is 0 Å². The minimum Gasteiger partial charge on any atom is -0.496 e. The highest BCUT2D eigenvalue weighted by atomic mass is 16.5. The molecule has 0 saturated carbocycles. The van der Waals surface area contributed by atoms with Gasteiger partial charge in [0.15, 0.2) is 0 Å². The molecule has 7 nitrogen and oxygen atoms in total. The molecule has 7 heteroatoms. The Bertz CT molecular complexity index is 1100. The average Bonchev–Trinajstić information content (AvgIpc) is 3.27. The van der Waals surface area contributed by atoms with Crippen LogP contribution in [-0.2, 0) is 13.1 Å². The lowest BCUT2D eigenvalue weighted by molar-refractivity contribution is 0.325. The number of likely N-dealkylation sites (tertiary alicyclic amines) is 1. The first-order chi connectivity index (χ1) is 14.4. The van der Waals surface area contributed by atoms with Gasteiger partial charge in [0, 0.05) is 36.3 Å². The third-order valence-corrected chi connectivity index (χ3v) is 5.74. The van der Waals surface area contributed by atoms with Crippen molar-refractivity contribution in [2.75, 3.05) is 20.2 Å². The summed E-state index contributed by atoms with van der Waals surface area (Å²) >= 11 is 0. The van der Waals surface area contributed by atoms with Crippen LogP contribution in [0.2, 0.25) is 0 Å². The number of hydrogen-bond donors (Lipinski definition) is 1. The van der Waals surface area contributed by atoms with Crippen LogP contribution in [0.5, 0.6) is 5.75 Å². The smallest absolute Gasteiger partial charge is 0.251 e.